The smallest absolute Gasteiger partial charge is 0.0934 e. The van der Waals surface area contributed by atoms with Crippen LogP contribution in [-0.4, -0.2) is 10.9 Å². The third kappa shape index (κ3) is 3.72. The van der Waals surface area contributed by atoms with Crippen LogP contribution in [0.25, 0.3) is 0 Å². The molecule has 1 fully saturated rings. The number of halogens is 1. The molecule has 0 radical (unpaired) electrons. The fourth-order valence-electron chi connectivity index (χ4n) is 3.26. The summed E-state index contributed by atoms with van der Waals surface area (Å²) in [5.41, 5.74) is 1.89. The van der Waals surface area contributed by atoms with Gasteiger partial charge in [0.15, 0.2) is 0 Å². The molecule has 19 heavy (non-hydrogen) atoms. The summed E-state index contributed by atoms with van der Waals surface area (Å²) in [5.74, 6) is 1.63. The lowest BCUT2D eigenvalue weighted by Gasteiger charge is -2.43. The number of hydrogen-bond acceptors (Lipinski definition) is 2. The van der Waals surface area contributed by atoms with Gasteiger partial charge in [-0.2, -0.15) is 0 Å². The molecule has 1 nitrogen and oxygen atoms in total. The second kappa shape index (κ2) is 5.73. The van der Waals surface area contributed by atoms with Crippen LogP contribution in [0.3, 0.4) is 0 Å². The molecule has 0 aromatic carbocycles. The highest BCUT2D eigenvalue weighted by atomic mass is 35.5. The Morgan fingerprint density at radius 1 is 1.37 bits per heavy atom. The van der Waals surface area contributed by atoms with Crippen LogP contribution >= 0.6 is 22.9 Å². The Labute approximate surface area is 126 Å². The summed E-state index contributed by atoms with van der Waals surface area (Å²) < 4.78 is 0. The molecule has 1 aliphatic carbocycles. The Morgan fingerprint density at radius 3 is 2.42 bits per heavy atom. The van der Waals surface area contributed by atoms with Crippen molar-refractivity contribution in [1.82, 2.24) is 4.98 Å². The van der Waals surface area contributed by atoms with Crippen LogP contribution in [0.5, 0.6) is 0 Å². The highest BCUT2D eigenvalue weighted by molar-refractivity contribution is 7.09. The van der Waals surface area contributed by atoms with E-state index in [2.05, 4.69) is 38.1 Å². The van der Waals surface area contributed by atoms with Crippen LogP contribution in [0.1, 0.15) is 57.2 Å². The Morgan fingerprint density at radius 2 is 2.00 bits per heavy atom. The summed E-state index contributed by atoms with van der Waals surface area (Å²) in [6, 6.07) is 0. The van der Waals surface area contributed by atoms with Gasteiger partial charge in [0.25, 0.3) is 0 Å². The maximum absolute atomic E-state index is 6.33. The van der Waals surface area contributed by atoms with E-state index in [-0.39, 0.29) is 0 Å². The van der Waals surface area contributed by atoms with E-state index in [1.807, 2.05) is 0 Å². The van der Waals surface area contributed by atoms with Gasteiger partial charge in [0, 0.05) is 23.4 Å². The molecule has 0 atom stereocenters. The lowest BCUT2D eigenvalue weighted by Crippen LogP contribution is -2.35. The lowest BCUT2D eigenvalue weighted by molar-refractivity contribution is 0.102. The second-order valence-electron chi connectivity index (χ2n) is 7.33. The van der Waals surface area contributed by atoms with Gasteiger partial charge in [0.1, 0.15) is 0 Å². The average molecular weight is 300 g/mol. The molecule has 1 saturated carbocycles. The molecular formula is C16H26ClNS. The van der Waals surface area contributed by atoms with Gasteiger partial charge in [-0.25, -0.2) is 4.98 Å². The topological polar surface area (TPSA) is 12.9 Å². The molecule has 0 amide bonds. The number of nitrogens with zero attached hydrogens (tertiary/aromatic N) is 1. The first-order valence-electron chi connectivity index (χ1n) is 7.32. The molecule has 108 valence electrons. The van der Waals surface area contributed by atoms with Crippen molar-refractivity contribution in [2.75, 3.05) is 5.88 Å². The maximum atomic E-state index is 6.33. The molecule has 1 aromatic rings. The Kier molecular flexibility index (Phi) is 4.62. The molecule has 2 rings (SSSR count). The van der Waals surface area contributed by atoms with Crippen molar-refractivity contribution < 1.29 is 0 Å². The van der Waals surface area contributed by atoms with Crippen LogP contribution in [-0.2, 0) is 6.42 Å². The third-order valence-corrected chi connectivity index (χ3v) is 6.28. The van der Waals surface area contributed by atoms with Gasteiger partial charge in [0.2, 0.25) is 0 Å². The van der Waals surface area contributed by atoms with Gasteiger partial charge in [-0.3, -0.25) is 0 Å². The van der Waals surface area contributed by atoms with Crippen molar-refractivity contribution >= 4 is 22.9 Å². The standard InChI is InChI=1S/C16H26ClNS/c1-12-10-19-14(18-12)9-16(11-17)7-5-13(6-8-16)15(2,3)4/h10,13H,5-9,11H2,1-4H3. The molecule has 0 N–H and O–H groups in total. The fraction of sp³-hybridized carbons (Fsp3) is 0.812. The van der Waals surface area contributed by atoms with E-state index in [0.29, 0.717) is 10.8 Å². The van der Waals surface area contributed by atoms with Gasteiger partial charge in [-0.1, -0.05) is 20.8 Å². The Balaban J connectivity index is 2.02. The summed E-state index contributed by atoms with van der Waals surface area (Å²) in [7, 11) is 0. The fourth-order valence-corrected chi connectivity index (χ4v) is 4.57. The highest BCUT2D eigenvalue weighted by Gasteiger charge is 2.38. The van der Waals surface area contributed by atoms with Crippen LogP contribution in [0.15, 0.2) is 5.38 Å². The first-order chi connectivity index (χ1) is 8.85. The van der Waals surface area contributed by atoms with Crippen molar-refractivity contribution in [1.29, 1.82) is 0 Å². The first kappa shape index (κ1) is 15.3. The van der Waals surface area contributed by atoms with Crippen molar-refractivity contribution in [2.45, 2.75) is 59.8 Å². The molecule has 0 saturated heterocycles. The molecule has 1 aromatic heterocycles. The van der Waals surface area contributed by atoms with Gasteiger partial charge in [-0.05, 0) is 49.4 Å². The summed E-state index contributed by atoms with van der Waals surface area (Å²) in [6.07, 6.45) is 6.24. The van der Waals surface area contributed by atoms with E-state index >= 15 is 0 Å². The van der Waals surface area contributed by atoms with Crippen molar-refractivity contribution in [2.24, 2.45) is 16.7 Å². The van der Waals surface area contributed by atoms with E-state index in [1.165, 1.54) is 30.7 Å². The number of thiazole rings is 1. The summed E-state index contributed by atoms with van der Waals surface area (Å²) >= 11 is 8.13. The highest BCUT2D eigenvalue weighted by Crippen LogP contribution is 2.47. The minimum Gasteiger partial charge on any atom is -0.247 e. The largest absolute Gasteiger partial charge is 0.247 e. The van der Waals surface area contributed by atoms with Crippen molar-refractivity contribution in [3.8, 4) is 0 Å². The summed E-state index contributed by atoms with van der Waals surface area (Å²) in [6.45, 7) is 9.19. The van der Waals surface area contributed by atoms with Gasteiger partial charge >= 0.3 is 0 Å². The van der Waals surface area contributed by atoms with Crippen LogP contribution in [0.2, 0.25) is 0 Å². The van der Waals surface area contributed by atoms with Crippen molar-refractivity contribution in [3.63, 3.8) is 0 Å². The normalized spacial score (nSPS) is 28.6. The molecule has 0 spiro atoms. The SMILES string of the molecule is Cc1csc(CC2(CCl)CCC(C(C)(C)C)CC2)n1. The molecule has 0 aliphatic heterocycles. The zero-order valence-corrected chi connectivity index (χ0v) is 14.2. The molecular weight excluding hydrogens is 274 g/mol. The zero-order chi connectivity index (χ0) is 14.1. The van der Waals surface area contributed by atoms with Gasteiger partial charge < -0.3 is 0 Å². The molecule has 0 unspecified atom stereocenters. The zero-order valence-electron chi connectivity index (χ0n) is 12.6. The van der Waals surface area contributed by atoms with Gasteiger partial charge in [0.05, 0.1) is 5.01 Å². The average Bonchev–Trinajstić information content (AvgIpc) is 2.74. The van der Waals surface area contributed by atoms with E-state index in [9.17, 15) is 0 Å². The first-order valence-corrected chi connectivity index (χ1v) is 8.73. The third-order valence-electron chi connectivity index (χ3n) is 4.75. The van der Waals surface area contributed by atoms with E-state index in [1.54, 1.807) is 11.3 Å². The predicted molar refractivity (Wildman–Crippen MR) is 85.1 cm³/mol. The number of aryl methyl sites for hydroxylation is 1. The molecule has 3 heteroatoms. The number of hydrogen-bond donors (Lipinski definition) is 0. The quantitative estimate of drug-likeness (QED) is 0.676. The van der Waals surface area contributed by atoms with Crippen LogP contribution in [0.4, 0.5) is 0 Å². The van der Waals surface area contributed by atoms with Gasteiger partial charge in [-0.15, -0.1) is 22.9 Å². The van der Waals surface area contributed by atoms with Crippen LogP contribution < -0.4 is 0 Å². The van der Waals surface area contributed by atoms with E-state index in [4.69, 9.17) is 11.6 Å². The lowest BCUT2D eigenvalue weighted by atomic mass is 9.64. The summed E-state index contributed by atoms with van der Waals surface area (Å²) in [4.78, 5) is 4.63. The summed E-state index contributed by atoms with van der Waals surface area (Å²) in [5, 5.41) is 3.42. The number of aromatic nitrogens is 1. The monoisotopic (exact) mass is 299 g/mol. The molecule has 0 bridgehead atoms. The Hall–Kier alpha value is -0.0800. The second-order valence-corrected chi connectivity index (χ2v) is 8.54. The maximum Gasteiger partial charge on any atom is 0.0934 e. The molecule has 1 aliphatic rings. The van der Waals surface area contributed by atoms with Crippen molar-refractivity contribution in [3.05, 3.63) is 16.1 Å². The predicted octanol–water partition coefficient (Wildman–Crippen LogP) is 5.46. The Bertz CT molecular complexity index is 411. The minimum absolute atomic E-state index is 0.299. The molecule has 1 heterocycles. The van der Waals surface area contributed by atoms with E-state index < -0.39 is 0 Å². The van der Waals surface area contributed by atoms with Crippen LogP contribution in [0, 0.1) is 23.7 Å². The number of rotatable bonds is 3. The van der Waals surface area contributed by atoms with E-state index in [0.717, 1.165) is 23.9 Å². The number of alkyl halides is 1. The minimum atomic E-state index is 0.299.